The molecule has 2 atom stereocenters. The molecule has 0 spiro atoms. The smallest absolute Gasteiger partial charge is 0.253 e. The average molecular weight is 413 g/mol. The van der Waals surface area contributed by atoms with Crippen LogP contribution in [0.1, 0.15) is 48.3 Å². The highest BCUT2D eigenvalue weighted by Crippen LogP contribution is 2.31. The van der Waals surface area contributed by atoms with E-state index >= 15 is 0 Å². The fourth-order valence-electron chi connectivity index (χ4n) is 4.95. The summed E-state index contributed by atoms with van der Waals surface area (Å²) >= 11 is 0. The van der Waals surface area contributed by atoms with Crippen LogP contribution in [-0.2, 0) is 4.74 Å². The van der Waals surface area contributed by atoms with Crippen LogP contribution in [0.15, 0.2) is 24.3 Å². The Morgan fingerprint density at radius 2 is 1.97 bits per heavy atom. The first-order chi connectivity index (χ1) is 14.7. The zero-order valence-corrected chi connectivity index (χ0v) is 18.0. The van der Waals surface area contributed by atoms with Crippen molar-refractivity contribution in [2.75, 3.05) is 39.9 Å². The quantitative estimate of drug-likeness (QED) is 0.695. The Kier molecular flexibility index (Phi) is 6.74. The predicted octanol–water partition coefficient (Wildman–Crippen LogP) is 2.32. The molecule has 2 unspecified atom stereocenters. The van der Waals surface area contributed by atoms with Gasteiger partial charge in [-0.1, -0.05) is 6.42 Å². The van der Waals surface area contributed by atoms with Gasteiger partial charge in [0.05, 0.1) is 12.3 Å². The largest absolute Gasteiger partial charge is 0.383 e. The molecule has 2 aliphatic rings. The molecule has 162 valence electrons. The fraction of sp³-hybridized carbons (Fsp3) is 0.636. The standard InChI is InChI=1S/C22H32N6O2/c1-17-23-24-25-28(17)20-10-8-18(9-11-20)22(29)27(14-15-30-2)16-19-6-5-13-26-12-4-3-7-21(19)26/h8-11,19,21H,3-7,12-16H2,1-2H3. The van der Waals surface area contributed by atoms with E-state index in [1.165, 1.54) is 45.2 Å². The van der Waals surface area contributed by atoms with Crippen LogP contribution in [0.5, 0.6) is 0 Å². The van der Waals surface area contributed by atoms with Gasteiger partial charge in [0.1, 0.15) is 0 Å². The summed E-state index contributed by atoms with van der Waals surface area (Å²) in [5, 5.41) is 11.6. The second kappa shape index (κ2) is 9.66. The number of amides is 1. The molecule has 2 saturated heterocycles. The van der Waals surface area contributed by atoms with Gasteiger partial charge in [-0.2, -0.15) is 4.68 Å². The number of fused-ring (bicyclic) bond motifs is 1. The van der Waals surface area contributed by atoms with Gasteiger partial charge in [0.2, 0.25) is 0 Å². The summed E-state index contributed by atoms with van der Waals surface area (Å²) < 4.78 is 6.97. The van der Waals surface area contributed by atoms with Crippen LogP contribution < -0.4 is 0 Å². The summed E-state index contributed by atoms with van der Waals surface area (Å²) in [6.45, 7) is 6.25. The lowest BCUT2D eigenvalue weighted by Gasteiger charge is -2.45. The fourth-order valence-corrected chi connectivity index (χ4v) is 4.95. The van der Waals surface area contributed by atoms with Crippen LogP contribution in [0.2, 0.25) is 0 Å². The highest BCUT2D eigenvalue weighted by Gasteiger charge is 2.34. The molecule has 3 heterocycles. The van der Waals surface area contributed by atoms with Gasteiger partial charge < -0.3 is 14.5 Å². The van der Waals surface area contributed by atoms with Crippen molar-refractivity contribution in [2.45, 2.75) is 45.1 Å². The number of hydrogen-bond acceptors (Lipinski definition) is 6. The molecule has 1 aromatic carbocycles. The molecule has 2 aromatic rings. The van der Waals surface area contributed by atoms with Crippen molar-refractivity contribution < 1.29 is 9.53 Å². The van der Waals surface area contributed by atoms with E-state index < -0.39 is 0 Å². The van der Waals surface area contributed by atoms with E-state index in [4.69, 9.17) is 4.74 Å². The number of tetrazole rings is 1. The summed E-state index contributed by atoms with van der Waals surface area (Å²) in [5.74, 6) is 1.33. The van der Waals surface area contributed by atoms with E-state index in [0.717, 1.165) is 12.2 Å². The maximum Gasteiger partial charge on any atom is 0.253 e. The Morgan fingerprint density at radius 1 is 1.17 bits per heavy atom. The van der Waals surface area contributed by atoms with E-state index in [1.807, 2.05) is 36.1 Å². The number of aryl methyl sites for hydroxylation is 1. The maximum atomic E-state index is 13.4. The number of aromatic nitrogens is 4. The maximum absolute atomic E-state index is 13.4. The van der Waals surface area contributed by atoms with Gasteiger partial charge in [-0.3, -0.25) is 4.79 Å². The van der Waals surface area contributed by atoms with Gasteiger partial charge in [0, 0.05) is 31.8 Å². The van der Waals surface area contributed by atoms with Crippen molar-refractivity contribution in [3.05, 3.63) is 35.7 Å². The first-order valence-electron chi connectivity index (χ1n) is 11.0. The van der Waals surface area contributed by atoms with Crippen molar-refractivity contribution in [2.24, 2.45) is 5.92 Å². The molecule has 0 N–H and O–H groups in total. The SMILES string of the molecule is COCCN(CC1CCCN2CCCCC12)C(=O)c1ccc(-n2nnnc2C)cc1. The molecule has 2 aliphatic heterocycles. The molecule has 8 heteroatoms. The monoisotopic (exact) mass is 412 g/mol. The molecule has 0 aliphatic carbocycles. The van der Waals surface area contributed by atoms with Crippen LogP contribution in [-0.4, -0.2) is 81.9 Å². The Balaban J connectivity index is 1.48. The van der Waals surface area contributed by atoms with Gasteiger partial charge in [-0.15, -0.1) is 5.10 Å². The lowest BCUT2D eigenvalue weighted by Crippen LogP contribution is -2.52. The molecule has 0 saturated carbocycles. The zero-order valence-electron chi connectivity index (χ0n) is 18.0. The lowest BCUT2D eigenvalue weighted by atomic mass is 9.83. The van der Waals surface area contributed by atoms with Crippen LogP contribution in [0.25, 0.3) is 5.69 Å². The number of methoxy groups -OCH3 is 1. The second-order valence-electron chi connectivity index (χ2n) is 8.43. The third kappa shape index (κ3) is 4.54. The van der Waals surface area contributed by atoms with E-state index in [1.54, 1.807) is 11.8 Å². The molecule has 8 nitrogen and oxygen atoms in total. The molecule has 0 radical (unpaired) electrons. The highest BCUT2D eigenvalue weighted by molar-refractivity contribution is 5.94. The summed E-state index contributed by atoms with van der Waals surface area (Å²) in [5.41, 5.74) is 1.54. The summed E-state index contributed by atoms with van der Waals surface area (Å²) in [7, 11) is 1.69. The Hall–Kier alpha value is -2.32. The zero-order chi connectivity index (χ0) is 20.9. The third-order valence-corrected chi connectivity index (χ3v) is 6.52. The van der Waals surface area contributed by atoms with Crippen molar-refractivity contribution in [3.63, 3.8) is 0 Å². The minimum absolute atomic E-state index is 0.0694. The Morgan fingerprint density at radius 3 is 2.70 bits per heavy atom. The first-order valence-corrected chi connectivity index (χ1v) is 11.0. The van der Waals surface area contributed by atoms with Crippen molar-refractivity contribution >= 4 is 5.91 Å². The molecule has 1 amide bonds. The highest BCUT2D eigenvalue weighted by atomic mass is 16.5. The molecule has 1 aromatic heterocycles. The number of hydrogen-bond donors (Lipinski definition) is 0. The van der Waals surface area contributed by atoms with Gasteiger partial charge >= 0.3 is 0 Å². The van der Waals surface area contributed by atoms with Crippen molar-refractivity contribution in [1.82, 2.24) is 30.0 Å². The van der Waals surface area contributed by atoms with Gasteiger partial charge in [-0.25, -0.2) is 0 Å². The Bertz CT molecular complexity index is 834. The number of piperidine rings is 2. The van der Waals surface area contributed by atoms with E-state index in [0.29, 0.717) is 36.5 Å². The van der Waals surface area contributed by atoms with Gasteiger partial charge in [0.15, 0.2) is 5.82 Å². The second-order valence-corrected chi connectivity index (χ2v) is 8.43. The summed E-state index contributed by atoms with van der Waals surface area (Å²) in [6.07, 6.45) is 6.31. The van der Waals surface area contributed by atoms with Gasteiger partial charge in [-0.05, 0) is 86.3 Å². The van der Waals surface area contributed by atoms with E-state index in [2.05, 4.69) is 20.4 Å². The van der Waals surface area contributed by atoms with Crippen LogP contribution in [0.4, 0.5) is 0 Å². The normalized spacial score (nSPS) is 21.9. The average Bonchev–Trinajstić information content (AvgIpc) is 3.22. The minimum atomic E-state index is 0.0694. The summed E-state index contributed by atoms with van der Waals surface area (Å²) in [6, 6.07) is 8.15. The molecule has 4 rings (SSSR count). The van der Waals surface area contributed by atoms with Crippen molar-refractivity contribution in [1.29, 1.82) is 0 Å². The lowest BCUT2D eigenvalue weighted by molar-refractivity contribution is 0.0315. The molecule has 2 fully saturated rings. The number of carbonyl (C=O) groups is 1. The first kappa shape index (κ1) is 20.9. The number of rotatable bonds is 7. The van der Waals surface area contributed by atoms with Crippen molar-refractivity contribution in [3.8, 4) is 5.69 Å². The Labute approximate surface area is 178 Å². The van der Waals surface area contributed by atoms with E-state index in [9.17, 15) is 4.79 Å². The molecule has 30 heavy (non-hydrogen) atoms. The molecular weight excluding hydrogens is 380 g/mol. The number of nitrogens with zero attached hydrogens (tertiary/aromatic N) is 6. The molecular formula is C22H32N6O2. The van der Waals surface area contributed by atoms with Crippen LogP contribution >= 0.6 is 0 Å². The van der Waals surface area contributed by atoms with Crippen LogP contribution in [0, 0.1) is 12.8 Å². The topological polar surface area (TPSA) is 76.4 Å². The predicted molar refractivity (Wildman–Crippen MR) is 114 cm³/mol. The minimum Gasteiger partial charge on any atom is -0.383 e. The van der Waals surface area contributed by atoms with Gasteiger partial charge in [0.25, 0.3) is 5.91 Å². The summed E-state index contributed by atoms with van der Waals surface area (Å²) in [4.78, 5) is 18.0. The number of carbonyl (C=O) groups excluding carboxylic acids is 1. The number of ether oxygens (including phenoxy) is 1. The molecule has 0 bridgehead atoms. The third-order valence-electron chi connectivity index (χ3n) is 6.52. The van der Waals surface area contributed by atoms with Crippen LogP contribution in [0.3, 0.4) is 0 Å². The number of benzene rings is 1. The van der Waals surface area contributed by atoms with E-state index in [-0.39, 0.29) is 5.91 Å².